The Morgan fingerprint density at radius 3 is 2.53 bits per heavy atom. The molecule has 1 aromatic heterocycles. The van der Waals surface area contributed by atoms with E-state index < -0.39 is 23.9 Å². The third-order valence-corrected chi connectivity index (χ3v) is 2.00. The lowest BCUT2D eigenvalue weighted by Gasteiger charge is -2.06. The van der Waals surface area contributed by atoms with Gasteiger partial charge in [0.2, 0.25) is 0 Å². The number of carbonyl (C=O) groups is 1. The normalized spacial score (nSPS) is 12.4. The van der Waals surface area contributed by atoms with Crippen molar-refractivity contribution < 1.29 is 22.7 Å². The van der Waals surface area contributed by atoms with E-state index in [4.69, 9.17) is 10.00 Å². The quantitative estimate of drug-likeness (QED) is 0.522. The van der Waals surface area contributed by atoms with Crippen LogP contribution in [0.5, 0.6) is 0 Å². The maximum Gasteiger partial charge on any atom is 0.431 e. The molecule has 0 aliphatic carbocycles. The lowest BCUT2D eigenvalue weighted by atomic mass is 10.2. The van der Waals surface area contributed by atoms with E-state index in [2.05, 4.69) is 4.98 Å². The van der Waals surface area contributed by atoms with Crippen molar-refractivity contribution >= 4 is 12.0 Å². The Morgan fingerprint density at radius 1 is 1.47 bits per heavy atom. The van der Waals surface area contributed by atoms with Crippen LogP contribution in [0.15, 0.2) is 17.7 Å². The molecule has 0 spiro atoms. The highest BCUT2D eigenvalue weighted by atomic mass is 19.4. The summed E-state index contributed by atoms with van der Waals surface area (Å²) < 4.78 is 41.8. The van der Waals surface area contributed by atoms with Crippen molar-refractivity contribution in [2.45, 2.75) is 26.1 Å². The summed E-state index contributed by atoms with van der Waals surface area (Å²) in [6, 6.07) is 3.54. The Kier molecular flexibility index (Phi) is 4.38. The van der Waals surface area contributed by atoms with E-state index in [1.54, 1.807) is 19.9 Å². The van der Waals surface area contributed by atoms with E-state index in [0.29, 0.717) is 0 Å². The molecule has 0 aromatic carbocycles. The van der Waals surface area contributed by atoms with Crippen LogP contribution in [-0.2, 0) is 15.7 Å². The van der Waals surface area contributed by atoms with Gasteiger partial charge in [-0.15, -0.1) is 0 Å². The molecule has 0 saturated carbocycles. The highest BCUT2D eigenvalue weighted by Crippen LogP contribution is 2.28. The van der Waals surface area contributed by atoms with Gasteiger partial charge in [0.05, 0.1) is 6.10 Å². The molecule has 0 atom stereocenters. The lowest BCUT2D eigenvalue weighted by Crippen LogP contribution is -2.12. The van der Waals surface area contributed by atoms with Gasteiger partial charge >= 0.3 is 12.1 Å². The number of esters is 1. The van der Waals surface area contributed by atoms with Crippen LogP contribution in [0.1, 0.15) is 25.2 Å². The van der Waals surface area contributed by atoms with E-state index in [1.165, 1.54) is 0 Å². The first kappa shape index (κ1) is 14.8. The number of nitrogens with one attached hydrogen (secondary N) is 1. The second kappa shape index (κ2) is 5.61. The molecule has 102 valence electrons. The molecule has 0 saturated heterocycles. The van der Waals surface area contributed by atoms with Gasteiger partial charge in [0.25, 0.3) is 0 Å². The van der Waals surface area contributed by atoms with Crippen LogP contribution in [0.3, 0.4) is 0 Å². The van der Waals surface area contributed by atoms with Crippen molar-refractivity contribution in [1.82, 2.24) is 4.98 Å². The zero-order valence-corrected chi connectivity index (χ0v) is 10.2. The number of carbonyl (C=O) groups excluding carboxylic acids is 1. The number of aromatic amines is 1. The number of nitriles is 1. The van der Waals surface area contributed by atoms with Crippen LogP contribution in [0.25, 0.3) is 6.08 Å². The Bertz CT molecular complexity index is 536. The maximum absolute atomic E-state index is 12.3. The van der Waals surface area contributed by atoms with Crippen molar-refractivity contribution in [2.24, 2.45) is 0 Å². The van der Waals surface area contributed by atoms with Gasteiger partial charge in [-0.05, 0) is 32.1 Å². The van der Waals surface area contributed by atoms with E-state index >= 15 is 0 Å². The zero-order chi connectivity index (χ0) is 14.6. The molecule has 19 heavy (non-hydrogen) atoms. The van der Waals surface area contributed by atoms with Crippen LogP contribution in [-0.4, -0.2) is 17.1 Å². The fourth-order valence-corrected chi connectivity index (χ4v) is 1.23. The average molecular weight is 272 g/mol. The molecule has 0 amide bonds. The van der Waals surface area contributed by atoms with Gasteiger partial charge in [0.15, 0.2) is 0 Å². The van der Waals surface area contributed by atoms with Gasteiger partial charge in [-0.2, -0.15) is 18.4 Å². The number of aromatic nitrogens is 1. The van der Waals surface area contributed by atoms with Crippen LogP contribution < -0.4 is 0 Å². The van der Waals surface area contributed by atoms with E-state index in [0.717, 1.165) is 18.2 Å². The number of rotatable bonds is 3. The summed E-state index contributed by atoms with van der Waals surface area (Å²) in [7, 11) is 0. The summed E-state index contributed by atoms with van der Waals surface area (Å²) in [5, 5.41) is 8.78. The fraction of sp³-hybridized carbons (Fsp3) is 0.333. The predicted octanol–water partition coefficient (Wildman–Crippen LogP) is 2.89. The number of alkyl halides is 3. The molecular weight excluding hydrogens is 261 g/mol. The number of hydrogen-bond acceptors (Lipinski definition) is 3. The van der Waals surface area contributed by atoms with Crippen molar-refractivity contribution in [3.63, 3.8) is 0 Å². The molecular formula is C12H11F3N2O2. The van der Waals surface area contributed by atoms with Gasteiger partial charge in [0.1, 0.15) is 17.3 Å². The van der Waals surface area contributed by atoms with Crippen molar-refractivity contribution in [3.05, 3.63) is 29.1 Å². The molecule has 4 nitrogen and oxygen atoms in total. The number of nitrogens with zero attached hydrogens (tertiary/aromatic N) is 1. The summed E-state index contributed by atoms with van der Waals surface area (Å²) in [6.45, 7) is 3.20. The molecule has 7 heteroatoms. The Balaban J connectivity index is 2.97. The summed E-state index contributed by atoms with van der Waals surface area (Å²) >= 11 is 0. The molecule has 1 N–H and O–H groups in total. The van der Waals surface area contributed by atoms with Gasteiger partial charge < -0.3 is 9.72 Å². The molecule has 0 fully saturated rings. The Labute approximate surface area is 107 Å². The molecule has 0 aliphatic heterocycles. The second-order valence-electron chi connectivity index (χ2n) is 3.95. The van der Waals surface area contributed by atoms with Gasteiger partial charge in [-0.25, -0.2) is 4.79 Å². The third kappa shape index (κ3) is 4.17. The minimum atomic E-state index is -4.50. The fourth-order valence-electron chi connectivity index (χ4n) is 1.23. The minimum Gasteiger partial charge on any atom is -0.459 e. The van der Waals surface area contributed by atoms with Crippen molar-refractivity contribution in [2.75, 3.05) is 0 Å². The maximum atomic E-state index is 12.3. The van der Waals surface area contributed by atoms with Crippen LogP contribution >= 0.6 is 0 Å². The number of ether oxygens (including phenoxy) is 1. The molecule has 0 aliphatic rings. The standard InChI is InChI=1S/C12H11F3N2O2/c1-7(2)19-11(18)8(6-16)5-9-3-4-10(17-9)12(13,14)15/h3-5,7,17H,1-2H3/b8-5+. The van der Waals surface area contributed by atoms with E-state index in [9.17, 15) is 18.0 Å². The van der Waals surface area contributed by atoms with E-state index in [1.807, 2.05) is 0 Å². The summed E-state index contributed by atoms with van der Waals surface area (Å²) in [6.07, 6.45) is -3.91. The molecule has 0 bridgehead atoms. The molecule has 1 heterocycles. The lowest BCUT2D eigenvalue weighted by molar-refractivity contribution is -0.142. The van der Waals surface area contributed by atoms with Crippen LogP contribution in [0, 0.1) is 11.3 Å². The van der Waals surface area contributed by atoms with E-state index in [-0.39, 0.29) is 11.3 Å². The van der Waals surface area contributed by atoms with Crippen molar-refractivity contribution in [3.8, 4) is 6.07 Å². The Morgan fingerprint density at radius 2 is 2.11 bits per heavy atom. The summed E-state index contributed by atoms with van der Waals surface area (Å²) in [5.74, 6) is -0.874. The minimum absolute atomic E-state index is 0.00424. The highest BCUT2D eigenvalue weighted by molar-refractivity contribution is 5.97. The smallest absolute Gasteiger partial charge is 0.431 e. The predicted molar refractivity (Wildman–Crippen MR) is 60.6 cm³/mol. The average Bonchev–Trinajstić information content (AvgIpc) is 2.72. The monoisotopic (exact) mass is 272 g/mol. The zero-order valence-electron chi connectivity index (χ0n) is 10.2. The largest absolute Gasteiger partial charge is 0.459 e. The third-order valence-electron chi connectivity index (χ3n) is 2.00. The highest BCUT2D eigenvalue weighted by Gasteiger charge is 2.32. The topological polar surface area (TPSA) is 65.9 Å². The Hall–Kier alpha value is -2.23. The summed E-state index contributed by atoms with van der Waals surface area (Å²) in [5.41, 5.74) is -1.32. The number of H-pyrrole nitrogens is 1. The van der Waals surface area contributed by atoms with Crippen molar-refractivity contribution in [1.29, 1.82) is 5.26 Å². The number of hydrogen-bond donors (Lipinski definition) is 1. The van der Waals surface area contributed by atoms with Gasteiger partial charge in [-0.3, -0.25) is 0 Å². The van der Waals surface area contributed by atoms with Crippen LogP contribution in [0.4, 0.5) is 13.2 Å². The summed E-state index contributed by atoms with van der Waals surface area (Å²) in [4.78, 5) is 13.5. The molecule has 0 radical (unpaired) electrons. The number of halogens is 3. The SMILES string of the molecule is CC(C)OC(=O)/C(C#N)=C/c1ccc(C(F)(F)F)[nH]1. The first-order valence-corrected chi connectivity index (χ1v) is 5.33. The van der Waals surface area contributed by atoms with Crippen LogP contribution in [0.2, 0.25) is 0 Å². The first-order chi connectivity index (χ1) is 8.74. The molecule has 0 unspecified atom stereocenters. The van der Waals surface area contributed by atoms with Gasteiger partial charge in [0, 0.05) is 5.69 Å². The first-order valence-electron chi connectivity index (χ1n) is 5.33. The molecule has 1 rings (SSSR count). The molecule has 1 aromatic rings. The second-order valence-corrected chi connectivity index (χ2v) is 3.95. The van der Waals surface area contributed by atoms with Gasteiger partial charge in [-0.1, -0.05) is 0 Å².